The first-order valence-corrected chi connectivity index (χ1v) is 3.22. The van der Waals surface area contributed by atoms with Gasteiger partial charge in [-0.25, -0.2) is 0 Å². The largest absolute Gasteiger partial charge is 0.296 e. The van der Waals surface area contributed by atoms with Gasteiger partial charge in [-0.3, -0.25) is 19.3 Å². The molecule has 0 bridgehead atoms. The average Bonchev–Trinajstić information content (AvgIpc) is 2.28. The van der Waals surface area contributed by atoms with Crippen LogP contribution in [0.3, 0.4) is 0 Å². The van der Waals surface area contributed by atoms with Gasteiger partial charge in [-0.2, -0.15) is 0 Å². The number of hydrogen-bond acceptors (Lipinski definition) is 5. The van der Waals surface area contributed by atoms with Gasteiger partial charge in [0.05, 0.1) is 0 Å². The Morgan fingerprint density at radius 2 is 1.92 bits per heavy atom. The third kappa shape index (κ3) is 1.68. The Bertz CT molecular complexity index is 222. The summed E-state index contributed by atoms with van der Waals surface area (Å²) in [6.07, 6.45) is 0.222. The lowest BCUT2D eigenvalue weighted by atomic mass is 10.4. The van der Waals surface area contributed by atoms with E-state index in [9.17, 15) is 19.7 Å². The Balaban J connectivity index is 2.45. The highest BCUT2D eigenvalue weighted by atomic mass is 17.0. The predicted octanol–water partition coefficient (Wildman–Crippen LogP) is -0.699. The molecule has 0 N–H and O–H groups in total. The molecule has 7 nitrogen and oxygen atoms in total. The van der Waals surface area contributed by atoms with Crippen LogP contribution in [0.5, 0.6) is 0 Å². The van der Waals surface area contributed by atoms with Crippen molar-refractivity contribution in [3.05, 3.63) is 10.1 Å². The van der Waals surface area contributed by atoms with E-state index in [1.165, 1.54) is 0 Å². The summed E-state index contributed by atoms with van der Waals surface area (Å²) in [5, 5.41) is 8.66. The first-order valence-electron chi connectivity index (χ1n) is 3.22. The molecule has 0 unspecified atom stereocenters. The zero-order chi connectivity index (χ0) is 9.14. The number of amides is 2. The third-order valence-electron chi connectivity index (χ3n) is 1.45. The van der Waals surface area contributed by atoms with Crippen LogP contribution in [0.15, 0.2) is 0 Å². The van der Waals surface area contributed by atoms with Crippen LogP contribution in [0.4, 0.5) is 0 Å². The molecule has 0 aromatic heterocycles. The molecule has 0 spiro atoms. The molecule has 0 saturated carbocycles. The van der Waals surface area contributed by atoms with Gasteiger partial charge in [-0.05, 0) is 0 Å². The Hall–Kier alpha value is -1.66. The normalized spacial score (nSPS) is 16.8. The lowest BCUT2D eigenvalue weighted by Gasteiger charge is -2.10. The van der Waals surface area contributed by atoms with Crippen molar-refractivity contribution in [2.45, 2.75) is 12.8 Å². The van der Waals surface area contributed by atoms with Crippen molar-refractivity contribution < 1.29 is 19.5 Å². The van der Waals surface area contributed by atoms with Crippen LogP contribution in [0.25, 0.3) is 0 Å². The van der Waals surface area contributed by atoms with E-state index in [1.54, 1.807) is 0 Å². The third-order valence-corrected chi connectivity index (χ3v) is 1.45. The molecule has 0 aliphatic carbocycles. The van der Waals surface area contributed by atoms with Crippen LogP contribution in [-0.2, 0) is 14.4 Å². The van der Waals surface area contributed by atoms with Gasteiger partial charge in [-0.1, -0.05) is 0 Å². The van der Waals surface area contributed by atoms with Crippen LogP contribution in [0, 0.1) is 10.1 Å². The summed E-state index contributed by atoms with van der Waals surface area (Å²) in [5.74, 6) is -0.858. The molecule has 0 aromatic rings. The zero-order valence-electron chi connectivity index (χ0n) is 6.06. The van der Waals surface area contributed by atoms with Gasteiger partial charge < -0.3 is 0 Å². The van der Waals surface area contributed by atoms with Crippen LogP contribution < -0.4 is 0 Å². The summed E-state index contributed by atoms with van der Waals surface area (Å²) >= 11 is 0. The van der Waals surface area contributed by atoms with E-state index in [0.29, 0.717) is 0 Å². The molecule has 7 heteroatoms. The summed E-state index contributed by atoms with van der Waals surface area (Å²) in [4.78, 5) is 35.9. The molecule has 1 saturated heterocycles. The first kappa shape index (κ1) is 8.44. The predicted molar refractivity (Wildman–Crippen MR) is 34.0 cm³/mol. The zero-order valence-corrected chi connectivity index (χ0v) is 6.06. The van der Waals surface area contributed by atoms with Gasteiger partial charge in [0, 0.05) is 12.8 Å². The van der Waals surface area contributed by atoms with Crippen LogP contribution in [-0.4, -0.2) is 28.5 Å². The molecule has 1 aliphatic heterocycles. The van der Waals surface area contributed by atoms with Crippen LogP contribution in [0.2, 0.25) is 0 Å². The van der Waals surface area contributed by atoms with Crippen molar-refractivity contribution in [1.29, 1.82) is 0 Å². The number of imide groups is 1. The van der Waals surface area contributed by atoms with E-state index in [1.807, 2.05) is 0 Å². The minimum absolute atomic E-state index is 0.111. The lowest BCUT2D eigenvalue weighted by Crippen LogP contribution is -2.32. The van der Waals surface area contributed by atoms with Gasteiger partial charge in [0.2, 0.25) is 11.8 Å². The maximum atomic E-state index is 10.8. The van der Waals surface area contributed by atoms with Crippen molar-refractivity contribution in [1.82, 2.24) is 4.90 Å². The summed E-state index contributed by atoms with van der Waals surface area (Å²) in [5.41, 5.74) is 0. The molecule has 0 atom stereocenters. The minimum Gasteiger partial charge on any atom is -0.292 e. The Morgan fingerprint density at radius 1 is 1.42 bits per heavy atom. The number of carbonyl (C=O) groups is 2. The van der Waals surface area contributed by atoms with Crippen molar-refractivity contribution in [2.75, 3.05) is 6.73 Å². The number of nitrogens with zero attached hydrogens (tertiary/aromatic N) is 2. The molecule has 66 valence electrons. The Labute approximate surface area is 67.0 Å². The summed E-state index contributed by atoms with van der Waals surface area (Å²) < 4.78 is 0. The van der Waals surface area contributed by atoms with E-state index in [2.05, 4.69) is 4.84 Å². The van der Waals surface area contributed by atoms with E-state index < -0.39 is 23.6 Å². The van der Waals surface area contributed by atoms with Crippen LogP contribution >= 0.6 is 0 Å². The molecule has 1 heterocycles. The highest BCUT2D eigenvalue weighted by Gasteiger charge is 2.29. The van der Waals surface area contributed by atoms with E-state index in [4.69, 9.17) is 0 Å². The first-order chi connectivity index (χ1) is 5.61. The second kappa shape index (κ2) is 3.16. The van der Waals surface area contributed by atoms with Gasteiger partial charge in [0.25, 0.3) is 5.09 Å². The molecule has 1 rings (SSSR count). The molecule has 1 aliphatic rings. The van der Waals surface area contributed by atoms with Crippen LogP contribution in [0.1, 0.15) is 12.8 Å². The molecule has 0 radical (unpaired) electrons. The number of likely N-dealkylation sites (tertiary alicyclic amines) is 1. The highest BCUT2D eigenvalue weighted by Crippen LogP contribution is 2.10. The van der Waals surface area contributed by atoms with E-state index in [0.717, 1.165) is 4.90 Å². The van der Waals surface area contributed by atoms with Gasteiger partial charge in [0.15, 0.2) is 6.73 Å². The Morgan fingerprint density at radius 3 is 2.33 bits per heavy atom. The van der Waals surface area contributed by atoms with Crippen molar-refractivity contribution >= 4 is 11.8 Å². The summed E-state index contributed by atoms with van der Waals surface area (Å²) in [6, 6.07) is 0. The van der Waals surface area contributed by atoms with Crippen molar-refractivity contribution in [3.63, 3.8) is 0 Å². The van der Waals surface area contributed by atoms with Crippen molar-refractivity contribution in [3.8, 4) is 0 Å². The molecular formula is C5H6N2O5. The fourth-order valence-corrected chi connectivity index (χ4v) is 0.872. The van der Waals surface area contributed by atoms with E-state index in [-0.39, 0.29) is 12.8 Å². The van der Waals surface area contributed by atoms with E-state index >= 15 is 0 Å². The number of hydrogen-bond donors (Lipinski definition) is 0. The van der Waals surface area contributed by atoms with Crippen molar-refractivity contribution in [2.24, 2.45) is 0 Å². The standard InChI is InChI=1S/C5H6N2O5/c8-4-1-2-5(9)6(4)3-12-7(10)11/h1-3H2. The lowest BCUT2D eigenvalue weighted by molar-refractivity contribution is -0.761. The quantitative estimate of drug-likeness (QED) is 0.320. The topological polar surface area (TPSA) is 89.8 Å². The van der Waals surface area contributed by atoms with Gasteiger partial charge >= 0.3 is 0 Å². The molecular weight excluding hydrogens is 168 g/mol. The number of carbonyl (C=O) groups excluding carboxylic acids is 2. The molecule has 1 fully saturated rings. The molecule has 0 aromatic carbocycles. The maximum absolute atomic E-state index is 10.8. The smallest absolute Gasteiger partial charge is 0.292 e. The highest BCUT2D eigenvalue weighted by molar-refractivity contribution is 6.01. The van der Waals surface area contributed by atoms with Gasteiger partial charge in [-0.15, -0.1) is 10.1 Å². The second-order valence-electron chi connectivity index (χ2n) is 2.20. The second-order valence-corrected chi connectivity index (χ2v) is 2.20. The fourth-order valence-electron chi connectivity index (χ4n) is 0.872. The Kier molecular flexibility index (Phi) is 2.22. The maximum Gasteiger partial charge on any atom is 0.296 e. The molecule has 2 amide bonds. The fraction of sp³-hybridized carbons (Fsp3) is 0.600. The number of rotatable bonds is 3. The summed E-state index contributed by atoms with van der Waals surface area (Å²) in [7, 11) is 0. The average molecular weight is 174 g/mol. The minimum atomic E-state index is -1.04. The monoisotopic (exact) mass is 174 g/mol. The SMILES string of the molecule is O=C1CCC(=O)N1CO[N+](=O)[O-]. The molecule has 12 heavy (non-hydrogen) atoms. The van der Waals surface area contributed by atoms with Gasteiger partial charge in [0.1, 0.15) is 0 Å². The summed E-state index contributed by atoms with van der Waals surface area (Å²) in [6.45, 7) is -0.593.